The Kier molecular flexibility index (Phi) is 3.01. The molecule has 0 N–H and O–H groups in total. The van der Waals surface area contributed by atoms with Gasteiger partial charge in [-0.05, 0) is 29.5 Å². The molecule has 3 nitrogen and oxygen atoms in total. The van der Waals surface area contributed by atoms with Crippen molar-refractivity contribution in [2.24, 2.45) is 0 Å². The third kappa shape index (κ3) is 1.94. The fourth-order valence-corrected chi connectivity index (χ4v) is 2.18. The molecule has 0 atom stereocenters. The van der Waals surface area contributed by atoms with Gasteiger partial charge in [0.1, 0.15) is 0 Å². The predicted octanol–water partition coefficient (Wildman–Crippen LogP) is 2.99. The summed E-state index contributed by atoms with van der Waals surface area (Å²) in [6.07, 6.45) is 0.789. The molecule has 0 radical (unpaired) electrons. The molecule has 0 aliphatic carbocycles. The van der Waals surface area contributed by atoms with Gasteiger partial charge in [0.05, 0.1) is 11.1 Å². The van der Waals surface area contributed by atoms with Crippen LogP contribution < -0.4 is 0 Å². The van der Waals surface area contributed by atoms with E-state index in [0.29, 0.717) is 17.7 Å². The third-order valence-electron chi connectivity index (χ3n) is 3.28. The summed E-state index contributed by atoms with van der Waals surface area (Å²) in [6, 6.07) is 5.59. The quantitative estimate of drug-likeness (QED) is 0.751. The van der Waals surface area contributed by atoms with Crippen LogP contribution in [0.5, 0.6) is 0 Å². The summed E-state index contributed by atoms with van der Waals surface area (Å²) < 4.78 is 0. The van der Waals surface area contributed by atoms with Gasteiger partial charge in [0.2, 0.25) is 0 Å². The number of rotatable bonds is 2. The number of carbonyl (C=O) groups excluding carboxylic acids is 2. The molecule has 0 spiro atoms. The van der Waals surface area contributed by atoms with Crippen molar-refractivity contribution in [3.63, 3.8) is 0 Å². The molecular weight excluding hydrogens is 226 g/mol. The number of nitrogens with zero attached hydrogens (tertiary/aromatic N) is 1. The molecule has 0 saturated heterocycles. The zero-order valence-corrected chi connectivity index (χ0v) is 11.4. The summed E-state index contributed by atoms with van der Waals surface area (Å²) in [5.41, 5.74) is 2.17. The molecule has 0 bridgehead atoms. The van der Waals surface area contributed by atoms with Gasteiger partial charge in [0.25, 0.3) is 11.8 Å². The highest BCUT2D eigenvalue weighted by Crippen LogP contribution is 2.29. The predicted molar refractivity (Wildman–Crippen MR) is 70.8 cm³/mol. The van der Waals surface area contributed by atoms with Crippen molar-refractivity contribution in [2.75, 3.05) is 6.54 Å². The standard InChI is InChI=1S/C15H19NO2/c1-5-8-16-13(17)11-7-6-10(15(2,3)4)9-12(11)14(16)18/h6-7,9H,5,8H2,1-4H3. The number of benzene rings is 1. The zero-order chi connectivity index (χ0) is 13.5. The van der Waals surface area contributed by atoms with Gasteiger partial charge in [-0.2, -0.15) is 0 Å². The van der Waals surface area contributed by atoms with E-state index >= 15 is 0 Å². The van der Waals surface area contributed by atoms with Crippen LogP contribution in [0.2, 0.25) is 0 Å². The minimum Gasteiger partial charge on any atom is -0.274 e. The molecular formula is C15H19NO2. The molecule has 0 fully saturated rings. The highest BCUT2D eigenvalue weighted by atomic mass is 16.2. The molecule has 0 saturated carbocycles. The van der Waals surface area contributed by atoms with Crippen molar-refractivity contribution in [3.8, 4) is 0 Å². The smallest absolute Gasteiger partial charge is 0.261 e. The van der Waals surface area contributed by atoms with Gasteiger partial charge in [-0.25, -0.2) is 0 Å². The molecule has 0 aromatic heterocycles. The summed E-state index contributed by atoms with van der Waals surface area (Å²) in [5, 5.41) is 0. The van der Waals surface area contributed by atoms with Gasteiger partial charge in [-0.1, -0.05) is 33.8 Å². The molecule has 96 valence electrons. The van der Waals surface area contributed by atoms with Gasteiger partial charge >= 0.3 is 0 Å². The summed E-state index contributed by atoms with van der Waals surface area (Å²) >= 11 is 0. The summed E-state index contributed by atoms with van der Waals surface area (Å²) in [7, 11) is 0. The SMILES string of the molecule is CCCN1C(=O)c2ccc(C(C)(C)C)cc2C1=O. The van der Waals surface area contributed by atoms with Crippen molar-refractivity contribution >= 4 is 11.8 Å². The van der Waals surface area contributed by atoms with Crippen LogP contribution in [0.3, 0.4) is 0 Å². The van der Waals surface area contributed by atoms with Crippen LogP contribution in [-0.2, 0) is 5.41 Å². The van der Waals surface area contributed by atoms with E-state index in [9.17, 15) is 9.59 Å². The third-order valence-corrected chi connectivity index (χ3v) is 3.28. The number of imide groups is 1. The molecule has 1 aromatic carbocycles. The van der Waals surface area contributed by atoms with Crippen molar-refractivity contribution in [1.82, 2.24) is 4.90 Å². The Bertz CT molecular complexity index is 512. The van der Waals surface area contributed by atoms with E-state index in [0.717, 1.165) is 12.0 Å². The normalized spacial score (nSPS) is 15.2. The van der Waals surface area contributed by atoms with E-state index in [1.165, 1.54) is 4.90 Å². The average molecular weight is 245 g/mol. The Balaban J connectivity index is 2.46. The maximum Gasteiger partial charge on any atom is 0.261 e. The van der Waals surface area contributed by atoms with Crippen LogP contribution in [0.25, 0.3) is 0 Å². The Morgan fingerprint density at radius 2 is 1.67 bits per heavy atom. The lowest BCUT2D eigenvalue weighted by Gasteiger charge is -2.19. The molecule has 0 unspecified atom stereocenters. The van der Waals surface area contributed by atoms with Gasteiger partial charge in [-0.3, -0.25) is 14.5 Å². The number of hydrogen-bond acceptors (Lipinski definition) is 2. The number of amides is 2. The van der Waals surface area contributed by atoms with Crippen LogP contribution in [0.15, 0.2) is 18.2 Å². The van der Waals surface area contributed by atoms with E-state index in [-0.39, 0.29) is 17.2 Å². The van der Waals surface area contributed by atoms with Crippen molar-refractivity contribution < 1.29 is 9.59 Å². The van der Waals surface area contributed by atoms with Gasteiger partial charge < -0.3 is 0 Å². The molecule has 2 amide bonds. The molecule has 1 aliphatic rings. The fraction of sp³-hybridized carbons (Fsp3) is 0.467. The topological polar surface area (TPSA) is 37.4 Å². The largest absolute Gasteiger partial charge is 0.274 e. The highest BCUT2D eigenvalue weighted by molar-refractivity contribution is 6.21. The first kappa shape index (κ1) is 12.8. The van der Waals surface area contributed by atoms with E-state index in [4.69, 9.17) is 0 Å². The van der Waals surface area contributed by atoms with Crippen molar-refractivity contribution in [2.45, 2.75) is 39.5 Å². The molecule has 1 heterocycles. The molecule has 1 aliphatic heterocycles. The molecule has 1 aromatic rings. The minimum atomic E-state index is -0.155. The highest BCUT2D eigenvalue weighted by Gasteiger charge is 2.35. The molecule has 2 rings (SSSR count). The minimum absolute atomic E-state index is 0.0173. The Morgan fingerprint density at radius 3 is 2.22 bits per heavy atom. The maximum atomic E-state index is 12.2. The van der Waals surface area contributed by atoms with E-state index in [2.05, 4.69) is 20.8 Å². The second-order valence-corrected chi connectivity index (χ2v) is 5.77. The first-order chi connectivity index (χ1) is 8.36. The Morgan fingerprint density at radius 1 is 1.06 bits per heavy atom. The van der Waals surface area contributed by atoms with E-state index < -0.39 is 0 Å². The Labute approximate surface area is 108 Å². The number of fused-ring (bicyclic) bond motifs is 1. The van der Waals surface area contributed by atoms with Gasteiger partial charge in [-0.15, -0.1) is 0 Å². The lowest BCUT2D eigenvalue weighted by Crippen LogP contribution is -2.30. The second kappa shape index (κ2) is 4.23. The van der Waals surface area contributed by atoms with Crippen LogP contribution in [0, 0.1) is 0 Å². The van der Waals surface area contributed by atoms with Crippen molar-refractivity contribution in [1.29, 1.82) is 0 Å². The Hall–Kier alpha value is -1.64. The van der Waals surface area contributed by atoms with Crippen molar-refractivity contribution in [3.05, 3.63) is 34.9 Å². The van der Waals surface area contributed by atoms with Crippen LogP contribution in [-0.4, -0.2) is 23.3 Å². The first-order valence-electron chi connectivity index (χ1n) is 6.37. The average Bonchev–Trinajstić information content (AvgIpc) is 2.53. The van der Waals surface area contributed by atoms with Crippen LogP contribution in [0.4, 0.5) is 0 Å². The van der Waals surface area contributed by atoms with Crippen LogP contribution in [0.1, 0.15) is 60.4 Å². The first-order valence-corrected chi connectivity index (χ1v) is 6.37. The fourth-order valence-electron chi connectivity index (χ4n) is 2.18. The maximum absolute atomic E-state index is 12.2. The summed E-state index contributed by atoms with van der Waals surface area (Å²) in [6.45, 7) is 8.75. The number of carbonyl (C=O) groups is 2. The summed E-state index contributed by atoms with van der Waals surface area (Å²) in [5.74, 6) is -0.305. The van der Waals surface area contributed by atoms with E-state index in [1.54, 1.807) is 6.07 Å². The summed E-state index contributed by atoms with van der Waals surface area (Å²) in [4.78, 5) is 25.6. The monoisotopic (exact) mass is 245 g/mol. The second-order valence-electron chi connectivity index (χ2n) is 5.77. The molecule has 18 heavy (non-hydrogen) atoms. The van der Waals surface area contributed by atoms with Gasteiger partial charge in [0, 0.05) is 6.54 Å². The molecule has 3 heteroatoms. The van der Waals surface area contributed by atoms with E-state index in [1.807, 2.05) is 19.1 Å². The van der Waals surface area contributed by atoms with Crippen LogP contribution >= 0.6 is 0 Å². The lowest BCUT2D eigenvalue weighted by atomic mass is 9.85. The lowest BCUT2D eigenvalue weighted by molar-refractivity contribution is 0.0654. The zero-order valence-electron chi connectivity index (χ0n) is 11.4. The van der Waals surface area contributed by atoms with Gasteiger partial charge in [0.15, 0.2) is 0 Å². The number of hydrogen-bond donors (Lipinski definition) is 0.